The van der Waals surface area contributed by atoms with Gasteiger partial charge < -0.3 is 14.9 Å². The summed E-state index contributed by atoms with van der Waals surface area (Å²) in [5.74, 6) is 1.01. The summed E-state index contributed by atoms with van der Waals surface area (Å²) in [5.41, 5.74) is 5.72. The first kappa shape index (κ1) is 20.1. The predicted octanol–water partition coefficient (Wildman–Crippen LogP) is 6.21. The molecule has 4 nitrogen and oxygen atoms in total. The molecule has 0 aliphatic carbocycles. The van der Waals surface area contributed by atoms with Gasteiger partial charge in [0, 0.05) is 43.2 Å². The number of H-pyrrole nitrogens is 1. The van der Waals surface area contributed by atoms with E-state index < -0.39 is 0 Å². The molecule has 0 bridgehead atoms. The summed E-state index contributed by atoms with van der Waals surface area (Å²) in [6, 6.07) is 22.4. The van der Waals surface area contributed by atoms with Crippen LogP contribution in [0.3, 0.4) is 0 Å². The zero-order valence-electron chi connectivity index (χ0n) is 16.9. The Morgan fingerprint density at radius 3 is 2.65 bits per heavy atom. The highest BCUT2D eigenvalue weighted by Gasteiger charge is 2.09. The van der Waals surface area contributed by atoms with Gasteiger partial charge in [-0.05, 0) is 41.5 Å². The zero-order chi connectivity index (χ0) is 21.2. The van der Waals surface area contributed by atoms with Crippen LogP contribution in [0.5, 0.6) is 0 Å². The summed E-state index contributed by atoms with van der Waals surface area (Å²) < 4.78 is 2.27. The average Bonchev–Trinajstić information content (AvgIpc) is 3.35. The van der Waals surface area contributed by atoms with Crippen molar-refractivity contribution in [2.75, 3.05) is 6.54 Å². The normalized spacial score (nSPS) is 11.5. The number of nitrogens with one attached hydrogen (secondary N) is 2. The van der Waals surface area contributed by atoms with Crippen LogP contribution in [-0.2, 0) is 19.5 Å². The summed E-state index contributed by atoms with van der Waals surface area (Å²) in [4.78, 5) is 8.04. The first-order valence-corrected chi connectivity index (χ1v) is 11.1. The molecule has 0 aliphatic heterocycles. The first-order valence-electron chi connectivity index (χ1n) is 10.3. The molecule has 156 valence electrons. The molecule has 0 fully saturated rings. The Morgan fingerprint density at radius 1 is 0.935 bits per heavy atom. The lowest BCUT2D eigenvalue weighted by Gasteiger charge is -2.07. The maximum Gasteiger partial charge on any atom is 0.108 e. The highest BCUT2D eigenvalue weighted by atomic mass is 35.5. The van der Waals surface area contributed by atoms with Crippen molar-refractivity contribution in [2.24, 2.45) is 0 Å². The Kier molecular flexibility index (Phi) is 5.68. The third-order valence-corrected chi connectivity index (χ3v) is 6.24. The lowest BCUT2D eigenvalue weighted by molar-refractivity contribution is 0.674. The summed E-state index contributed by atoms with van der Waals surface area (Å²) >= 11 is 12.3. The largest absolute Gasteiger partial charge is 0.343 e. The van der Waals surface area contributed by atoms with Gasteiger partial charge in [-0.25, -0.2) is 4.98 Å². The first-order chi connectivity index (χ1) is 15.2. The van der Waals surface area contributed by atoms with Gasteiger partial charge in [-0.1, -0.05) is 59.6 Å². The minimum Gasteiger partial charge on any atom is -0.343 e. The number of fused-ring (bicyclic) bond motifs is 2. The van der Waals surface area contributed by atoms with E-state index in [-0.39, 0.29) is 0 Å². The van der Waals surface area contributed by atoms with Gasteiger partial charge >= 0.3 is 0 Å². The minimum atomic E-state index is 0.581. The number of nitrogens with zero attached hydrogens (tertiary/aromatic N) is 2. The zero-order valence-corrected chi connectivity index (χ0v) is 18.4. The number of imidazole rings is 1. The summed E-state index contributed by atoms with van der Waals surface area (Å²) in [6.07, 6.45) is 3.08. The molecular weight excluding hydrogens is 427 g/mol. The Hall–Kier alpha value is -2.79. The van der Waals surface area contributed by atoms with Gasteiger partial charge in [-0.3, -0.25) is 0 Å². The highest BCUT2D eigenvalue weighted by Crippen LogP contribution is 2.26. The van der Waals surface area contributed by atoms with Gasteiger partial charge in [0.15, 0.2) is 0 Å². The van der Waals surface area contributed by atoms with Crippen molar-refractivity contribution in [3.8, 4) is 0 Å². The number of aromatic nitrogens is 3. The van der Waals surface area contributed by atoms with Gasteiger partial charge in [0.2, 0.25) is 0 Å². The smallest absolute Gasteiger partial charge is 0.108 e. The molecule has 0 radical (unpaired) electrons. The number of rotatable bonds is 7. The highest BCUT2D eigenvalue weighted by molar-refractivity contribution is 6.42. The van der Waals surface area contributed by atoms with Gasteiger partial charge in [0.05, 0.1) is 21.1 Å². The topological polar surface area (TPSA) is 45.6 Å². The molecule has 2 aromatic heterocycles. The molecule has 0 spiro atoms. The van der Waals surface area contributed by atoms with Gasteiger partial charge in [0.1, 0.15) is 5.82 Å². The second-order valence-corrected chi connectivity index (χ2v) is 8.49. The number of hydrogen-bond acceptors (Lipinski definition) is 2. The Bertz CT molecular complexity index is 1320. The fourth-order valence-corrected chi connectivity index (χ4v) is 4.30. The molecule has 0 saturated carbocycles. The fourth-order valence-electron chi connectivity index (χ4n) is 3.98. The quantitative estimate of drug-likeness (QED) is 0.291. The maximum absolute atomic E-state index is 6.21. The van der Waals surface area contributed by atoms with Crippen molar-refractivity contribution in [1.29, 1.82) is 0 Å². The van der Waals surface area contributed by atoms with Crippen LogP contribution < -0.4 is 5.32 Å². The lowest BCUT2D eigenvalue weighted by Crippen LogP contribution is -2.17. The van der Waals surface area contributed by atoms with Gasteiger partial charge in [0.25, 0.3) is 0 Å². The van der Waals surface area contributed by atoms with Crippen LogP contribution in [0.2, 0.25) is 10.0 Å². The number of benzene rings is 3. The van der Waals surface area contributed by atoms with E-state index in [4.69, 9.17) is 23.2 Å². The Morgan fingerprint density at radius 2 is 1.77 bits per heavy atom. The van der Waals surface area contributed by atoms with E-state index in [0.717, 1.165) is 48.5 Å². The third kappa shape index (κ3) is 4.33. The van der Waals surface area contributed by atoms with Crippen molar-refractivity contribution < 1.29 is 0 Å². The molecule has 0 amide bonds. The number of halogens is 2. The molecule has 2 N–H and O–H groups in total. The number of aromatic amines is 1. The molecule has 2 heterocycles. The van der Waals surface area contributed by atoms with Crippen molar-refractivity contribution in [1.82, 2.24) is 19.9 Å². The van der Waals surface area contributed by atoms with Crippen LogP contribution in [0.15, 0.2) is 72.9 Å². The molecule has 31 heavy (non-hydrogen) atoms. The van der Waals surface area contributed by atoms with E-state index in [1.165, 1.54) is 16.5 Å². The second kappa shape index (κ2) is 8.75. The van der Waals surface area contributed by atoms with Crippen molar-refractivity contribution in [3.05, 3.63) is 99.9 Å². The van der Waals surface area contributed by atoms with Crippen LogP contribution >= 0.6 is 23.2 Å². The van der Waals surface area contributed by atoms with Gasteiger partial charge in [-0.2, -0.15) is 0 Å². The van der Waals surface area contributed by atoms with Crippen LogP contribution in [-0.4, -0.2) is 21.1 Å². The number of hydrogen-bond donors (Lipinski definition) is 2. The van der Waals surface area contributed by atoms with E-state index in [9.17, 15) is 0 Å². The number of para-hydroxylation sites is 3. The molecule has 5 rings (SSSR count). The third-order valence-electron chi connectivity index (χ3n) is 5.50. The van der Waals surface area contributed by atoms with Crippen LogP contribution in [0.1, 0.15) is 17.0 Å². The van der Waals surface area contributed by atoms with Gasteiger partial charge in [-0.15, -0.1) is 0 Å². The molecule has 0 atom stereocenters. The Labute approximate surface area is 190 Å². The minimum absolute atomic E-state index is 0.581. The van der Waals surface area contributed by atoms with Crippen molar-refractivity contribution >= 4 is 45.1 Å². The fraction of sp³-hybridized carbons (Fsp3) is 0.160. The van der Waals surface area contributed by atoms with E-state index in [1.54, 1.807) is 0 Å². The predicted molar refractivity (Wildman–Crippen MR) is 129 cm³/mol. The monoisotopic (exact) mass is 448 g/mol. The van der Waals surface area contributed by atoms with Crippen LogP contribution in [0.4, 0.5) is 0 Å². The van der Waals surface area contributed by atoms with E-state index in [0.29, 0.717) is 10.0 Å². The average molecular weight is 449 g/mol. The van der Waals surface area contributed by atoms with Crippen LogP contribution in [0.25, 0.3) is 21.9 Å². The molecule has 5 aromatic rings. The Balaban J connectivity index is 1.28. The molecule has 3 aromatic carbocycles. The summed E-state index contributed by atoms with van der Waals surface area (Å²) in [6.45, 7) is 2.40. The SMILES string of the molecule is Clc1ccc(Cn2cc(CNCCc3nc4ccccc4[nH]3)c3ccccc32)cc1Cl. The van der Waals surface area contributed by atoms with E-state index in [1.807, 2.05) is 36.4 Å². The van der Waals surface area contributed by atoms with Crippen LogP contribution in [0, 0.1) is 0 Å². The second-order valence-electron chi connectivity index (χ2n) is 7.68. The lowest BCUT2D eigenvalue weighted by atomic mass is 10.2. The van der Waals surface area contributed by atoms with E-state index >= 15 is 0 Å². The van der Waals surface area contributed by atoms with Crippen molar-refractivity contribution in [2.45, 2.75) is 19.5 Å². The van der Waals surface area contributed by atoms with Crippen molar-refractivity contribution in [3.63, 3.8) is 0 Å². The standard InChI is InChI=1S/C25H22Cl2N4/c26-20-10-9-17(13-21(20)27)15-31-16-18(19-5-1-4-8-24(19)31)14-28-12-11-25-29-22-6-2-3-7-23(22)30-25/h1-10,13,16,28H,11-12,14-15H2,(H,29,30). The molecular formula is C25H22Cl2N4. The maximum atomic E-state index is 6.21. The molecule has 0 saturated heterocycles. The molecule has 0 unspecified atom stereocenters. The summed E-state index contributed by atoms with van der Waals surface area (Å²) in [5, 5.41) is 6.00. The summed E-state index contributed by atoms with van der Waals surface area (Å²) in [7, 11) is 0. The molecule has 0 aliphatic rings. The molecule has 6 heteroatoms. The van der Waals surface area contributed by atoms with E-state index in [2.05, 4.69) is 56.4 Å².